The molecule has 0 saturated carbocycles. The summed E-state index contributed by atoms with van der Waals surface area (Å²) in [4.78, 5) is 9.13. The Morgan fingerprint density at radius 3 is 1.95 bits per heavy atom. The maximum atomic E-state index is 5.31. The van der Waals surface area contributed by atoms with Gasteiger partial charge in [0.1, 0.15) is 21.9 Å². The van der Waals surface area contributed by atoms with Gasteiger partial charge >= 0.3 is 0 Å². The Morgan fingerprint density at radius 2 is 1.48 bits per heavy atom. The number of methoxy groups -OCH3 is 2. The molecule has 0 amide bonds. The zero-order chi connectivity index (χ0) is 15.6. The Balaban J connectivity index is 2.58. The lowest BCUT2D eigenvalue weighted by Crippen LogP contribution is -2.16. The fourth-order valence-electron chi connectivity index (χ4n) is 1.86. The molecule has 21 heavy (non-hydrogen) atoms. The van der Waals surface area contributed by atoms with Crippen LogP contribution in [0.3, 0.4) is 0 Å². The monoisotopic (exact) mass is 350 g/mol. The van der Waals surface area contributed by atoms with Gasteiger partial charge in [0.25, 0.3) is 0 Å². The van der Waals surface area contributed by atoms with Crippen molar-refractivity contribution in [2.24, 2.45) is 0 Å². The summed E-state index contributed by atoms with van der Waals surface area (Å²) in [6, 6.07) is 7.60. The van der Waals surface area contributed by atoms with Crippen LogP contribution >= 0.6 is 15.9 Å². The molecule has 1 heterocycles. The van der Waals surface area contributed by atoms with E-state index in [-0.39, 0.29) is 5.41 Å². The molecular weight excluding hydrogens is 332 g/mol. The van der Waals surface area contributed by atoms with Gasteiger partial charge < -0.3 is 9.47 Å². The van der Waals surface area contributed by atoms with Crippen molar-refractivity contribution in [1.29, 1.82) is 0 Å². The number of halogens is 1. The number of hydrogen-bond donors (Lipinski definition) is 0. The maximum absolute atomic E-state index is 5.31. The molecule has 0 unspecified atom stereocenters. The molecule has 0 aliphatic rings. The second kappa shape index (κ2) is 6.02. The van der Waals surface area contributed by atoms with Crippen molar-refractivity contribution in [3.05, 3.63) is 34.7 Å². The molecule has 0 aliphatic heterocycles. The number of aromatic nitrogens is 2. The fourth-order valence-corrected chi connectivity index (χ4v) is 2.24. The van der Waals surface area contributed by atoms with Gasteiger partial charge in [0.05, 0.1) is 19.9 Å². The van der Waals surface area contributed by atoms with Gasteiger partial charge in [-0.2, -0.15) is 0 Å². The maximum Gasteiger partial charge on any atom is 0.135 e. The molecule has 0 bridgehead atoms. The number of hydrogen-bond acceptors (Lipinski definition) is 4. The molecule has 0 atom stereocenters. The number of ether oxygens (including phenoxy) is 2. The van der Waals surface area contributed by atoms with Crippen molar-refractivity contribution in [1.82, 2.24) is 9.97 Å². The quantitative estimate of drug-likeness (QED) is 0.777. The van der Waals surface area contributed by atoms with Crippen LogP contribution in [0.15, 0.2) is 28.9 Å². The van der Waals surface area contributed by atoms with Crippen LogP contribution in [0.1, 0.15) is 26.6 Å². The Kier molecular flexibility index (Phi) is 4.52. The summed E-state index contributed by atoms with van der Waals surface area (Å²) in [5, 5.41) is 0. The molecular formula is C16H19BrN2O2. The van der Waals surface area contributed by atoms with Crippen LogP contribution in [0, 0.1) is 0 Å². The first-order chi connectivity index (χ1) is 9.83. The third-order valence-corrected chi connectivity index (χ3v) is 3.42. The third-order valence-electron chi connectivity index (χ3n) is 3.01. The highest BCUT2D eigenvalue weighted by Gasteiger charge is 2.19. The normalized spacial score (nSPS) is 11.3. The summed E-state index contributed by atoms with van der Waals surface area (Å²) < 4.78 is 11.4. The third kappa shape index (κ3) is 3.73. The highest BCUT2D eigenvalue weighted by Crippen LogP contribution is 2.31. The van der Waals surface area contributed by atoms with Gasteiger partial charge in [0, 0.05) is 17.0 Å². The van der Waals surface area contributed by atoms with Gasteiger partial charge in [0.2, 0.25) is 0 Å². The molecule has 0 saturated heterocycles. The first-order valence-corrected chi connectivity index (χ1v) is 7.41. The van der Waals surface area contributed by atoms with Gasteiger partial charge in [0.15, 0.2) is 0 Å². The van der Waals surface area contributed by atoms with E-state index in [0.29, 0.717) is 0 Å². The van der Waals surface area contributed by atoms with E-state index in [9.17, 15) is 0 Å². The fraction of sp³-hybridized carbons (Fsp3) is 0.375. The minimum absolute atomic E-state index is 0.124. The average Bonchev–Trinajstić information content (AvgIpc) is 2.45. The number of benzene rings is 1. The van der Waals surface area contributed by atoms with Crippen molar-refractivity contribution < 1.29 is 9.47 Å². The lowest BCUT2D eigenvalue weighted by Gasteiger charge is -2.18. The molecule has 0 fully saturated rings. The number of rotatable bonds is 3. The van der Waals surface area contributed by atoms with Crippen LogP contribution in [0.25, 0.3) is 11.3 Å². The van der Waals surface area contributed by atoms with Crippen LogP contribution in [-0.4, -0.2) is 24.2 Å². The van der Waals surface area contributed by atoms with E-state index in [0.717, 1.165) is 33.2 Å². The van der Waals surface area contributed by atoms with Crippen molar-refractivity contribution in [3.8, 4) is 22.8 Å². The SMILES string of the molecule is COc1cc(OC)cc(-c2cc(Br)nc(C(C)(C)C)n2)c1. The van der Waals surface area contributed by atoms with Gasteiger partial charge in [-0.3, -0.25) is 0 Å². The molecule has 2 aromatic rings. The summed E-state index contributed by atoms with van der Waals surface area (Å²) >= 11 is 3.46. The molecule has 0 N–H and O–H groups in total. The zero-order valence-electron chi connectivity index (χ0n) is 12.9. The second-order valence-corrected chi connectivity index (χ2v) is 6.56. The van der Waals surface area contributed by atoms with E-state index in [1.54, 1.807) is 14.2 Å². The van der Waals surface area contributed by atoms with Crippen molar-refractivity contribution >= 4 is 15.9 Å². The minimum atomic E-state index is -0.124. The highest BCUT2D eigenvalue weighted by atomic mass is 79.9. The Labute approximate surface area is 133 Å². The van der Waals surface area contributed by atoms with Crippen LogP contribution in [-0.2, 0) is 5.41 Å². The summed E-state index contributed by atoms with van der Waals surface area (Å²) in [5.74, 6) is 2.25. The summed E-state index contributed by atoms with van der Waals surface area (Å²) in [7, 11) is 3.27. The summed E-state index contributed by atoms with van der Waals surface area (Å²) in [5.41, 5.74) is 1.64. The Bertz CT molecular complexity index is 629. The van der Waals surface area contributed by atoms with Gasteiger partial charge in [-0.1, -0.05) is 20.8 Å². The first-order valence-electron chi connectivity index (χ1n) is 6.62. The van der Waals surface area contributed by atoms with Gasteiger partial charge in [-0.25, -0.2) is 9.97 Å². The first kappa shape index (κ1) is 15.8. The van der Waals surface area contributed by atoms with E-state index in [4.69, 9.17) is 9.47 Å². The van der Waals surface area contributed by atoms with Crippen LogP contribution in [0.2, 0.25) is 0 Å². The van der Waals surface area contributed by atoms with E-state index < -0.39 is 0 Å². The standard InChI is InChI=1S/C16H19BrN2O2/c1-16(2,3)15-18-13(9-14(17)19-15)10-6-11(20-4)8-12(7-10)21-5/h6-9H,1-5H3. The summed E-state index contributed by atoms with van der Waals surface area (Å²) in [6.07, 6.45) is 0. The highest BCUT2D eigenvalue weighted by molar-refractivity contribution is 9.10. The molecule has 0 aliphatic carbocycles. The van der Waals surface area contributed by atoms with Crippen LogP contribution in [0.4, 0.5) is 0 Å². The lowest BCUT2D eigenvalue weighted by molar-refractivity contribution is 0.394. The molecule has 0 spiro atoms. The number of nitrogens with zero attached hydrogens (tertiary/aromatic N) is 2. The largest absolute Gasteiger partial charge is 0.497 e. The molecule has 2 rings (SSSR count). The molecule has 1 aromatic carbocycles. The van der Waals surface area contributed by atoms with Gasteiger partial charge in [-0.05, 0) is 34.1 Å². The molecule has 112 valence electrons. The van der Waals surface area contributed by atoms with E-state index in [1.165, 1.54) is 0 Å². The zero-order valence-corrected chi connectivity index (χ0v) is 14.5. The average molecular weight is 351 g/mol. The van der Waals surface area contributed by atoms with Crippen molar-refractivity contribution in [3.63, 3.8) is 0 Å². The Morgan fingerprint density at radius 1 is 0.905 bits per heavy atom. The van der Waals surface area contributed by atoms with Crippen LogP contribution < -0.4 is 9.47 Å². The summed E-state index contributed by atoms with van der Waals surface area (Å²) in [6.45, 7) is 6.26. The molecule has 0 radical (unpaired) electrons. The lowest BCUT2D eigenvalue weighted by atomic mass is 9.95. The smallest absolute Gasteiger partial charge is 0.135 e. The Hall–Kier alpha value is -1.62. The minimum Gasteiger partial charge on any atom is -0.497 e. The van der Waals surface area contributed by atoms with Crippen LogP contribution in [0.5, 0.6) is 11.5 Å². The van der Waals surface area contributed by atoms with E-state index in [1.807, 2.05) is 24.3 Å². The van der Waals surface area contributed by atoms with E-state index >= 15 is 0 Å². The second-order valence-electron chi connectivity index (χ2n) is 5.75. The van der Waals surface area contributed by atoms with Crippen molar-refractivity contribution in [2.75, 3.05) is 14.2 Å². The van der Waals surface area contributed by atoms with Gasteiger partial charge in [-0.15, -0.1) is 0 Å². The van der Waals surface area contributed by atoms with E-state index in [2.05, 4.69) is 46.7 Å². The predicted octanol–water partition coefficient (Wildman–Crippen LogP) is 4.22. The molecule has 5 heteroatoms. The molecule has 4 nitrogen and oxygen atoms in total. The predicted molar refractivity (Wildman–Crippen MR) is 87.0 cm³/mol. The van der Waals surface area contributed by atoms with Crippen molar-refractivity contribution in [2.45, 2.75) is 26.2 Å². The topological polar surface area (TPSA) is 44.2 Å². The molecule has 1 aromatic heterocycles.